The Morgan fingerprint density at radius 3 is 2.67 bits per heavy atom. The number of nitrogens with zero attached hydrogens (tertiary/aromatic N) is 5. The zero-order valence-electron chi connectivity index (χ0n) is 17.2. The topological polar surface area (TPSA) is 56.7 Å². The summed E-state index contributed by atoms with van der Waals surface area (Å²) in [5, 5.41) is 6.78. The summed E-state index contributed by atoms with van der Waals surface area (Å²) in [5.74, 6) is 2.04. The number of halogens is 1. The molecule has 0 aromatic carbocycles. The van der Waals surface area contributed by atoms with Gasteiger partial charge in [-0.2, -0.15) is 0 Å². The highest BCUT2D eigenvalue weighted by atomic mass is 127. The molecule has 6 nitrogen and oxygen atoms in total. The number of pyridine rings is 1. The van der Waals surface area contributed by atoms with E-state index in [9.17, 15) is 0 Å². The van der Waals surface area contributed by atoms with Crippen LogP contribution in [-0.2, 0) is 6.42 Å². The molecular weight excluding hydrogens is 527 g/mol. The molecule has 0 spiro atoms. The van der Waals surface area contributed by atoms with Crippen LogP contribution in [0, 0.1) is 6.92 Å². The molecule has 160 valence electrons. The van der Waals surface area contributed by atoms with E-state index in [4.69, 9.17) is 0 Å². The van der Waals surface area contributed by atoms with Gasteiger partial charge in [0.2, 0.25) is 0 Å². The van der Waals surface area contributed by atoms with Gasteiger partial charge in [0.25, 0.3) is 0 Å². The van der Waals surface area contributed by atoms with Crippen molar-refractivity contribution in [2.75, 3.05) is 44.7 Å². The molecule has 3 aromatic heterocycles. The lowest BCUT2D eigenvalue weighted by atomic mass is 10.3. The second-order valence-electron chi connectivity index (χ2n) is 6.90. The van der Waals surface area contributed by atoms with Crippen LogP contribution < -0.4 is 10.2 Å². The summed E-state index contributed by atoms with van der Waals surface area (Å²) in [6.07, 6.45) is 2.84. The summed E-state index contributed by atoms with van der Waals surface area (Å²) in [7, 11) is 1.86. The van der Waals surface area contributed by atoms with Crippen LogP contribution in [0.5, 0.6) is 0 Å². The van der Waals surface area contributed by atoms with Crippen molar-refractivity contribution in [3.8, 4) is 10.6 Å². The van der Waals surface area contributed by atoms with Crippen molar-refractivity contribution < 1.29 is 0 Å². The maximum atomic E-state index is 4.58. The normalized spacial score (nSPS) is 14.5. The molecule has 1 saturated heterocycles. The van der Waals surface area contributed by atoms with Gasteiger partial charge >= 0.3 is 0 Å². The van der Waals surface area contributed by atoms with E-state index < -0.39 is 0 Å². The van der Waals surface area contributed by atoms with Gasteiger partial charge in [0, 0.05) is 56.2 Å². The number of thiophene rings is 1. The van der Waals surface area contributed by atoms with Crippen molar-refractivity contribution in [1.82, 2.24) is 20.2 Å². The summed E-state index contributed by atoms with van der Waals surface area (Å²) < 4.78 is 0. The second kappa shape index (κ2) is 11.1. The Labute approximate surface area is 203 Å². The van der Waals surface area contributed by atoms with Crippen LogP contribution in [-0.4, -0.2) is 60.6 Å². The number of piperazine rings is 1. The molecule has 1 aliphatic rings. The van der Waals surface area contributed by atoms with Gasteiger partial charge in [-0.1, -0.05) is 6.07 Å². The Morgan fingerprint density at radius 1 is 1.17 bits per heavy atom. The molecule has 4 heterocycles. The summed E-state index contributed by atoms with van der Waals surface area (Å²) in [5.41, 5.74) is 1.10. The minimum absolute atomic E-state index is 0. The molecule has 0 saturated carbocycles. The third-order valence-corrected chi connectivity index (χ3v) is 6.89. The highest BCUT2D eigenvalue weighted by Crippen LogP contribution is 2.29. The molecule has 30 heavy (non-hydrogen) atoms. The molecule has 9 heteroatoms. The van der Waals surface area contributed by atoms with E-state index in [1.807, 2.05) is 43.6 Å². The van der Waals surface area contributed by atoms with Crippen molar-refractivity contribution in [3.63, 3.8) is 0 Å². The zero-order valence-corrected chi connectivity index (χ0v) is 21.2. The molecule has 0 amide bonds. The first-order valence-corrected chi connectivity index (χ1v) is 11.6. The van der Waals surface area contributed by atoms with Crippen molar-refractivity contribution >= 4 is 58.4 Å². The van der Waals surface area contributed by atoms with E-state index in [0.29, 0.717) is 0 Å². The highest BCUT2D eigenvalue weighted by molar-refractivity contribution is 14.0. The van der Waals surface area contributed by atoms with Crippen LogP contribution in [0.4, 0.5) is 5.82 Å². The molecule has 0 atom stereocenters. The number of aromatic nitrogens is 2. The van der Waals surface area contributed by atoms with Gasteiger partial charge in [-0.25, -0.2) is 9.97 Å². The van der Waals surface area contributed by atoms with E-state index in [1.165, 1.54) is 9.75 Å². The van der Waals surface area contributed by atoms with Crippen molar-refractivity contribution in [1.29, 1.82) is 0 Å². The van der Waals surface area contributed by atoms with Gasteiger partial charge in [0.1, 0.15) is 5.82 Å². The fourth-order valence-electron chi connectivity index (χ4n) is 3.44. The minimum atomic E-state index is 0. The van der Waals surface area contributed by atoms with Crippen molar-refractivity contribution in [2.45, 2.75) is 13.3 Å². The first kappa shape index (κ1) is 23.0. The van der Waals surface area contributed by atoms with Gasteiger partial charge in [-0.15, -0.1) is 46.7 Å². The smallest absolute Gasteiger partial charge is 0.193 e. The number of guanidine groups is 1. The first-order valence-electron chi connectivity index (χ1n) is 9.86. The van der Waals surface area contributed by atoms with Crippen LogP contribution in [0.15, 0.2) is 46.9 Å². The molecule has 1 aliphatic heterocycles. The Bertz CT molecular complexity index is 947. The molecule has 1 N–H and O–H groups in total. The Hall–Kier alpha value is -1.72. The number of thiazole rings is 1. The summed E-state index contributed by atoms with van der Waals surface area (Å²) >= 11 is 3.53. The molecule has 0 bridgehead atoms. The minimum Gasteiger partial charge on any atom is -0.356 e. The van der Waals surface area contributed by atoms with Crippen LogP contribution in [0.3, 0.4) is 0 Å². The molecule has 3 aromatic rings. The number of hydrogen-bond acceptors (Lipinski definition) is 6. The van der Waals surface area contributed by atoms with Crippen LogP contribution in [0.2, 0.25) is 0 Å². The Kier molecular flexibility index (Phi) is 8.46. The summed E-state index contributed by atoms with van der Waals surface area (Å²) in [6, 6.07) is 10.5. The second-order valence-corrected chi connectivity index (χ2v) is 9.13. The Morgan fingerprint density at radius 2 is 2.00 bits per heavy atom. The first-order chi connectivity index (χ1) is 14.2. The predicted molar refractivity (Wildman–Crippen MR) is 139 cm³/mol. The van der Waals surface area contributed by atoms with E-state index in [1.54, 1.807) is 11.3 Å². The number of rotatable bonds is 5. The van der Waals surface area contributed by atoms with Gasteiger partial charge in [-0.3, -0.25) is 4.99 Å². The lowest BCUT2D eigenvalue weighted by Crippen LogP contribution is -2.53. The maximum absolute atomic E-state index is 4.58. The SMILES string of the molecule is CN=C(NCCc1ccc(-c2csc(C)n2)s1)N1CCN(c2ccccn2)CC1.I. The van der Waals surface area contributed by atoms with E-state index in [0.717, 1.165) is 61.6 Å². The monoisotopic (exact) mass is 554 g/mol. The average Bonchev–Trinajstić information content (AvgIpc) is 3.41. The molecule has 4 rings (SSSR count). The number of nitrogens with one attached hydrogen (secondary N) is 1. The number of hydrogen-bond donors (Lipinski definition) is 1. The molecule has 1 fully saturated rings. The molecule has 0 aliphatic carbocycles. The van der Waals surface area contributed by atoms with Crippen LogP contribution in [0.25, 0.3) is 10.6 Å². The fraction of sp³-hybridized carbons (Fsp3) is 0.381. The lowest BCUT2D eigenvalue weighted by molar-refractivity contribution is 0.372. The largest absolute Gasteiger partial charge is 0.356 e. The average molecular weight is 555 g/mol. The van der Waals surface area contributed by atoms with Crippen LogP contribution >= 0.6 is 46.7 Å². The third kappa shape index (κ3) is 5.70. The predicted octanol–water partition coefficient (Wildman–Crippen LogP) is 4.13. The summed E-state index contributed by atoms with van der Waals surface area (Å²) in [4.78, 5) is 20.8. The van der Waals surface area contributed by atoms with Crippen molar-refractivity contribution in [3.05, 3.63) is 51.8 Å². The summed E-state index contributed by atoms with van der Waals surface area (Å²) in [6.45, 7) is 6.74. The third-order valence-electron chi connectivity index (χ3n) is 4.95. The number of anilines is 1. The van der Waals surface area contributed by atoms with Gasteiger partial charge in [-0.05, 0) is 37.6 Å². The molecule has 0 unspecified atom stereocenters. The van der Waals surface area contributed by atoms with Gasteiger partial charge in [0.05, 0.1) is 15.6 Å². The maximum Gasteiger partial charge on any atom is 0.193 e. The van der Waals surface area contributed by atoms with E-state index in [-0.39, 0.29) is 24.0 Å². The lowest BCUT2D eigenvalue weighted by Gasteiger charge is -2.37. The molecule has 0 radical (unpaired) electrons. The van der Waals surface area contributed by atoms with Gasteiger partial charge in [0.15, 0.2) is 5.96 Å². The zero-order chi connectivity index (χ0) is 20.1. The van der Waals surface area contributed by atoms with E-state index >= 15 is 0 Å². The quantitative estimate of drug-likeness (QED) is 0.292. The van der Waals surface area contributed by atoms with Crippen LogP contribution in [0.1, 0.15) is 9.88 Å². The highest BCUT2D eigenvalue weighted by Gasteiger charge is 2.20. The van der Waals surface area contributed by atoms with E-state index in [2.05, 4.69) is 53.7 Å². The fourth-order valence-corrected chi connectivity index (χ4v) is 5.10. The number of aliphatic imine (C=N–C) groups is 1. The standard InChI is InChI=1S/C21H26N6S2.HI/c1-16-25-18(15-28-16)19-7-6-17(29-19)8-10-24-21(22-2)27-13-11-26(12-14-27)20-5-3-4-9-23-20;/h3-7,9,15H,8,10-14H2,1-2H3,(H,22,24);1H. The number of aryl methyl sites for hydroxylation is 1. The van der Waals surface area contributed by atoms with Gasteiger partial charge < -0.3 is 15.1 Å². The Balaban J connectivity index is 0.00000256. The van der Waals surface area contributed by atoms with Crippen molar-refractivity contribution in [2.24, 2.45) is 4.99 Å². The molecular formula is C21H27IN6S2.